The Bertz CT molecular complexity index is 272. The fourth-order valence-electron chi connectivity index (χ4n) is 0.367. The van der Waals surface area contributed by atoms with E-state index in [-0.39, 0.29) is 0 Å². The van der Waals surface area contributed by atoms with E-state index < -0.39 is 21.2 Å². The molecule has 1 N–H and O–H groups in total. The largest absolute Gasteiger partial charge is 0.297 e. The van der Waals surface area contributed by atoms with Crippen LogP contribution in [0.3, 0.4) is 0 Å². The first-order chi connectivity index (χ1) is 4.39. The van der Waals surface area contributed by atoms with Gasteiger partial charge in [0.15, 0.2) is 5.78 Å². The first-order valence-corrected chi connectivity index (χ1v) is 3.76. The Labute approximate surface area is 58.0 Å². The van der Waals surface area contributed by atoms with Crippen LogP contribution in [-0.4, -0.2) is 24.0 Å². The number of hydrogen-bond donors (Lipinski definition) is 1. The van der Waals surface area contributed by atoms with E-state index in [1.807, 2.05) is 0 Å². The van der Waals surface area contributed by atoms with E-state index in [0.717, 1.165) is 13.0 Å². The van der Waals surface area contributed by atoms with Crippen molar-refractivity contribution < 1.29 is 17.8 Å². The van der Waals surface area contributed by atoms with Crippen molar-refractivity contribution in [1.29, 1.82) is 5.26 Å². The SMILES string of the molecule is CC(=O)C(C#N)S(=O)(=O)O. The zero-order valence-corrected chi connectivity index (χ0v) is 5.92. The van der Waals surface area contributed by atoms with Crippen molar-refractivity contribution in [3.8, 4) is 6.07 Å². The van der Waals surface area contributed by atoms with Crippen molar-refractivity contribution >= 4 is 15.9 Å². The van der Waals surface area contributed by atoms with Crippen LogP contribution in [0.25, 0.3) is 0 Å². The molecule has 0 radical (unpaired) electrons. The highest BCUT2D eigenvalue weighted by molar-refractivity contribution is 7.87. The minimum absolute atomic E-state index is 0.884. The maximum Gasteiger partial charge on any atom is 0.288 e. The van der Waals surface area contributed by atoms with E-state index >= 15 is 0 Å². The Kier molecular flexibility index (Phi) is 2.51. The zero-order chi connectivity index (χ0) is 8.36. The topological polar surface area (TPSA) is 95.2 Å². The van der Waals surface area contributed by atoms with Crippen molar-refractivity contribution in [2.24, 2.45) is 0 Å². The third-order valence-electron chi connectivity index (χ3n) is 0.784. The molecule has 0 aliphatic heterocycles. The molecule has 0 aliphatic rings. The molecule has 6 heteroatoms. The van der Waals surface area contributed by atoms with Crippen LogP contribution in [0.15, 0.2) is 0 Å². The van der Waals surface area contributed by atoms with Crippen molar-refractivity contribution in [1.82, 2.24) is 0 Å². The van der Waals surface area contributed by atoms with Crippen LogP contribution >= 0.6 is 0 Å². The standard InChI is InChI=1S/C4H5NO4S/c1-3(6)4(2-5)10(7,8)9/h4H,1H3,(H,7,8,9). The molecular formula is C4H5NO4S. The molecule has 0 saturated heterocycles. The van der Waals surface area contributed by atoms with E-state index in [9.17, 15) is 13.2 Å². The molecule has 56 valence electrons. The quantitative estimate of drug-likeness (QED) is 0.546. The summed E-state index contributed by atoms with van der Waals surface area (Å²) in [7, 11) is -4.52. The Hall–Kier alpha value is -0.930. The summed E-state index contributed by atoms with van der Waals surface area (Å²) in [5.41, 5.74) is 0. The van der Waals surface area contributed by atoms with Gasteiger partial charge in [0.2, 0.25) is 5.25 Å². The number of nitrogens with zero attached hydrogens (tertiary/aromatic N) is 1. The average molecular weight is 163 g/mol. The lowest BCUT2D eigenvalue weighted by molar-refractivity contribution is -0.115. The molecule has 1 atom stereocenters. The summed E-state index contributed by atoms with van der Waals surface area (Å²) in [6.45, 7) is 0.918. The van der Waals surface area contributed by atoms with Crippen LogP contribution in [0.1, 0.15) is 6.92 Å². The van der Waals surface area contributed by atoms with Gasteiger partial charge in [-0.05, 0) is 6.92 Å². The summed E-state index contributed by atoms with van der Waals surface area (Å²) in [6, 6.07) is 1.15. The lowest BCUT2D eigenvalue weighted by atomic mass is 10.3. The Morgan fingerprint density at radius 2 is 2.10 bits per heavy atom. The van der Waals surface area contributed by atoms with Crippen molar-refractivity contribution in [3.05, 3.63) is 0 Å². The molecule has 0 aromatic carbocycles. The van der Waals surface area contributed by atoms with Gasteiger partial charge in [-0.15, -0.1) is 0 Å². The summed E-state index contributed by atoms with van der Waals surface area (Å²) >= 11 is 0. The first kappa shape index (κ1) is 9.07. The monoisotopic (exact) mass is 163 g/mol. The van der Waals surface area contributed by atoms with Gasteiger partial charge >= 0.3 is 0 Å². The number of hydrogen-bond acceptors (Lipinski definition) is 4. The van der Waals surface area contributed by atoms with Crippen molar-refractivity contribution in [3.63, 3.8) is 0 Å². The van der Waals surface area contributed by atoms with Crippen LogP contribution in [0, 0.1) is 11.3 Å². The maximum absolute atomic E-state index is 10.3. The second-order valence-electron chi connectivity index (χ2n) is 1.63. The fraction of sp³-hybridized carbons (Fsp3) is 0.500. The minimum atomic E-state index is -4.52. The highest BCUT2D eigenvalue weighted by Crippen LogP contribution is 1.97. The van der Waals surface area contributed by atoms with E-state index in [2.05, 4.69) is 0 Å². The molecular weight excluding hydrogens is 158 g/mol. The third kappa shape index (κ3) is 2.13. The number of ketones is 1. The summed E-state index contributed by atoms with van der Waals surface area (Å²) < 4.78 is 28.4. The number of rotatable bonds is 2. The molecule has 0 fully saturated rings. The fourth-order valence-corrected chi connectivity index (χ4v) is 0.920. The Balaban J connectivity index is 4.78. The molecule has 0 aromatic heterocycles. The molecule has 0 aromatic rings. The smallest absolute Gasteiger partial charge is 0.288 e. The normalized spacial score (nSPS) is 13.7. The van der Waals surface area contributed by atoms with Gasteiger partial charge in [0.1, 0.15) is 0 Å². The van der Waals surface area contributed by atoms with E-state index in [0.29, 0.717) is 0 Å². The van der Waals surface area contributed by atoms with Crippen LogP contribution in [-0.2, 0) is 14.9 Å². The molecule has 1 unspecified atom stereocenters. The molecule has 0 aliphatic carbocycles. The number of nitriles is 1. The summed E-state index contributed by atoms with van der Waals surface area (Å²) in [5, 5.41) is 6.08. The highest BCUT2D eigenvalue weighted by atomic mass is 32.2. The predicted octanol–water partition coefficient (Wildman–Crippen LogP) is -0.645. The van der Waals surface area contributed by atoms with Gasteiger partial charge in [-0.25, -0.2) is 0 Å². The van der Waals surface area contributed by atoms with Crippen LogP contribution in [0.5, 0.6) is 0 Å². The first-order valence-electron chi connectivity index (χ1n) is 2.26. The lowest BCUT2D eigenvalue weighted by Crippen LogP contribution is -2.25. The summed E-state index contributed by atoms with van der Waals surface area (Å²) in [6.07, 6.45) is 0. The maximum atomic E-state index is 10.3. The summed E-state index contributed by atoms with van der Waals surface area (Å²) in [4.78, 5) is 10.3. The van der Waals surface area contributed by atoms with Crippen LogP contribution in [0.4, 0.5) is 0 Å². The van der Waals surface area contributed by atoms with E-state index in [4.69, 9.17) is 9.81 Å². The molecule has 0 saturated carbocycles. The number of carbonyl (C=O) groups excluding carboxylic acids is 1. The molecule has 0 amide bonds. The predicted molar refractivity (Wildman–Crippen MR) is 31.6 cm³/mol. The van der Waals surface area contributed by atoms with Crippen molar-refractivity contribution in [2.45, 2.75) is 12.2 Å². The zero-order valence-electron chi connectivity index (χ0n) is 5.10. The lowest BCUT2D eigenvalue weighted by Gasteiger charge is -1.97. The summed E-state index contributed by atoms with van der Waals surface area (Å²) in [5.74, 6) is -0.884. The second-order valence-corrected chi connectivity index (χ2v) is 3.14. The Morgan fingerprint density at radius 3 is 2.10 bits per heavy atom. The van der Waals surface area contributed by atoms with Gasteiger partial charge < -0.3 is 0 Å². The van der Waals surface area contributed by atoms with E-state index in [1.165, 1.54) is 0 Å². The van der Waals surface area contributed by atoms with E-state index in [1.54, 1.807) is 0 Å². The van der Waals surface area contributed by atoms with Gasteiger partial charge in [-0.1, -0.05) is 0 Å². The second kappa shape index (κ2) is 2.77. The third-order valence-corrected chi connectivity index (χ3v) is 1.82. The molecule has 10 heavy (non-hydrogen) atoms. The van der Waals surface area contributed by atoms with Gasteiger partial charge in [-0.2, -0.15) is 13.7 Å². The van der Waals surface area contributed by atoms with Crippen molar-refractivity contribution in [2.75, 3.05) is 0 Å². The van der Waals surface area contributed by atoms with Gasteiger partial charge in [0.05, 0.1) is 6.07 Å². The van der Waals surface area contributed by atoms with Gasteiger partial charge in [0.25, 0.3) is 10.1 Å². The molecule has 0 bridgehead atoms. The van der Waals surface area contributed by atoms with Gasteiger partial charge in [0, 0.05) is 0 Å². The van der Waals surface area contributed by atoms with Crippen LogP contribution < -0.4 is 0 Å². The molecule has 0 rings (SSSR count). The van der Waals surface area contributed by atoms with Gasteiger partial charge in [-0.3, -0.25) is 9.35 Å². The average Bonchev–Trinajstić information content (AvgIpc) is 1.60. The molecule has 5 nitrogen and oxygen atoms in total. The Morgan fingerprint density at radius 1 is 1.70 bits per heavy atom. The minimum Gasteiger partial charge on any atom is -0.297 e. The molecule has 0 spiro atoms. The molecule has 0 heterocycles. The highest BCUT2D eigenvalue weighted by Gasteiger charge is 2.26. The number of carbonyl (C=O) groups is 1. The number of Topliss-reactive ketones (excluding diaryl/α,β-unsaturated/α-hetero) is 1. The van der Waals surface area contributed by atoms with Crippen LogP contribution in [0.2, 0.25) is 0 Å².